The van der Waals surface area contributed by atoms with Gasteiger partial charge in [-0.1, -0.05) is 47.6 Å². The average Bonchev–Trinajstić information content (AvgIpc) is 3.21. The first-order valence-electron chi connectivity index (χ1n) is 9.36. The van der Waals surface area contributed by atoms with Crippen LogP contribution < -0.4 is 0 Å². The SMILES string of the molecule is CN(C)CCN(Cc1cccc(C(F)(F)F)c1)C(=O)c1cc(-c2ccccc2)no1. The van der Waals surface area contributed by atoms with Crippen molar-refractivity contribution in [2.45, 2.75) is 12.7 Å². The summed E-state index contributed by atoms with van der Waals surface area (Å²) >= 11 is 0. The van der Waals surface area contributed by atoms with Crippen molar-refractivity contribution in [2.75, 3.05) is 27.2 Å². The molecule has 0 unspecified atom stereocenters. The van der Waals surface area contributed by atoms with Gasteiger partial charge in [-0.25, -0.2) is 0 Å². The molecular formula is C22H22F3N3O2. The van der Waals surface area contributed by atoms with Crippen LogP contribution in [0.5, 0.6) is 0 Å². The van der Waals surface area contributed by atoms with E-state index in [4.69, 9.17) is 4.52 Å². The van der Waals surface area contributed by atoms with E-state index in [1.165, 1.54) is 11.0 Å². The lowest BCUT2D eigenvalue weighted by Crippen LogP contribution is -2.36. The number of rotatable bonds is 7. The van der Waals surface area contributed by atoms with Gasteiger partial charge in [-0.2, -0.15) is 13.2 Å². The molecule has 0 spiro atoms. The second-order valence-electron chi connectivity index (χ2n) is 7.17. The topological polar surface area (TPSA) is 49.6 Å². The largest absolute Gasteiger partial charge is 0.416 e. The monoisotopic (exact) mass is 417 g/mol. The summed E-state index contributed by atoms with van der Waals surface area (Å²) in [7, 11) is 3.71. The molecule has 0 bridgehead atoms. The van der Waals surface area contributed by atoms with Gasteiger partial charge in [0.2, 0.25) is 5.76 Å². The van der Waals surface area contributed by atoms with Crippen LogP contribution in [0.1, 0.15) is 21.7 Å². The number of halogens is 3. The Balaban J connectivity index is 1.83. The molecule has 30 heavy (non-hydrogen) atoms. The number of benzene rings is 2. The number of hydrogen-bond acceptors (Lipinski definition) is 4. The maximum Gasteiger partial charge on any atom is 0.416 e. The van der Waals surface area contributed by atoms with E-state index in [1.807, 2.05) is 49.3 Å². The van der Waals surface area contributed by atoms with Crippen LogP contribution in [-0.2, 0) is 12.7 Å². The summed E-state index contributed by atoms with van der Waals surface area (Å²) in [6, 6.07) is 15.8. The summed E-state index contributed by atoms with van der Waals surface area (Å²) in [6.45, 7) is 0.895. The lowest BCUT2D eigenvalue weighted by Gasteiger charge is -2.23. The van der Waals surface area contributed by atoms with E-state index in [9.17, 15) is 18.0 Å². The van der Waals surface area contributed by atoms with Crippen molar-refractivity contribution in [1.82, 2.24) is 15.0 Å². The highest BCUT2D eigenvalue weighted by molar-refractivity contribution is 5.92. The number of alkyl halides is 3. The summed E-state index contributed by atoms with van der Waals surface area (Å²) < 4.78 is 44.4. The first-order chi connectivity index (χ1) is 14.2. The second-order valence-corrected chi connectivity index (χ2v) is 7.17. The molecule has 3 rings (SSSR count). The Hall–Kier alpha value is -3.13. The van der Waals surface area contributed by atoms with E-state index in [0.29, 0.717) is 24.3 Å². The number of carbonyl (C=O) groups excluding carboxylic acids is 1. The van der Waals surface area contributed by atoms with Crippen LogP contribution in [0.3, 0.4) is 0 Å². The van der Waals surface area contributed by atoms with Gasteiger partial charge in [0.1, 0.15) is 5.69 Å². The molecule has 0 aliphatic heterocycles. The Kier molecular flexibility index (Phi) is 6.56. The molecule has 1 amide bonds. The molecule has 0 fully saturated rings. The first kappa shape index (κ1) is 21.6. The highest BCUT2D eigenvalue weighted by Crippen LogP contribution is 2.30. The van der Waals surface area contributed by atoms with Crippen LogP contribution in [0.2, 0.25) is 0 Å². The highest BCUT2D eigenvalue weighted by atomic mass is 19.4. The molecule has 0 saturated heterocycles. The van der Waals surface area contributed by atoms with Gasteiger partial charge in [-0.3, -0.25) is 4.79 Å². The molecule has 0 aliphatic carbocycles. The van der Waals surface area contributed by atoms with Gasteiger partial charge in [0.25, 0.3) is 5.91 Å². The van der Waals surface area contributed by atoms with Crippen molar-refractivity contribution in [2.24, 2.45) is 0 Å². The van der Waals surface area contributed by atoms with Gasteiger partial charge in [-0.15, -0.1) is 0 Å². The Morgan fingerprint density at radius 1 is 1.00 bits per heavy atom. The van der Waals surface area contributed by atoms with E-state index in [2.05, 4.69) is 5.16 Å². The molecule has 5 nitrogen and oxygen atoms in total. The Bertz CT molecular complexity index is 985. The van der Waals surface area contributed by atoms with E-state index in [1.54, 1.807) is 12.1 Å². The summed E-state index contributed by atoms with van der Waals surface area (Å²) in [5.74, 6) is -0.386. The van der Waals surface area contributed by atoms with Crippen molar-refractivity contribution in [3.8, 4) is 11.3 Å². The number of aromatic nitrogens is 1. The Morgan fingerprint density at radius 2 is 1.73 bits per heavy atom. The fraction of sp³-hybridized carbons (Fsp3) is 0.273. The Labute approximate surface area is 172 Å². The summed E-state index contributed by atoms with van der Waals surface area (Å²) in [5.41, 5.74) is 0.967. The standard InChI is InChI=1S/C22H22F3N3O2/c1-27(2)11-12-28(15-16-7-6-10-18(13-16)22(23,24)25)21(29)20-14-19(26-30-20)17-8-4-3-5-9-17/h3-10,13-14H,11-12,15H2,1-2H3. The van der Waals surface area contributed by atoms with Crippen molar-refractivity contribution >= 4 is 5.91 Å². The minimum Gasteiger partial charge on any atom is -0.350 e. The van der Waals surface area contributed by atoms with Crippen molar-refractivity contribution < 1.29 is 22.5 Å². The number of nitrogens with zero attached hydrogens (tertiary/aromatic N) is 3. The molecule has 0 saturated carbocycles. The Morgan fingerprint density at radius 3 is 2.40 bits per heavy atom. The molecular weight excluding hydrogens is 395 g/mol. The summed E-state index contributed by atoms with van der Waals surface area (Å²) in [5, 5.41) is 3.96. The van der Waals surface area contributed by atoms with Gasteiger partial charge in [0.15, 0.2) is 0 Å². The zero-order valence-electron chi connectivity index (χ0n) is 16.7. The van der Waals surface area contributed by atoms with E-state index >= 15 is 0 Å². The molecule has 1 heterocycles. The van der Waals surface area contributed by atoms with Crippen LogP contribution >= 0.6 is 0 Å². The van der Waals surface area contributed by atoms with Crippen LogP contribution in [0.25, 0.3) is 11.3 Å². The predicted molar refractivity (Wildman–Crippen MR) is 107 cm³/mol. The van der Waals surface area contributed by atoms with Crippen LogP contribution in [0.4, 0.5) is 13.2 Å². The van der Waals surface area contributed by atoms with Crippen molar-refractivity contribution in [3.05, 3.63) is 77.6 Å². The smallest absolute Gasteiger partial charge is 0.350 e. The van der Waals surface area contributed by atoms with Gasteiger partial charge >= 0.3 is 6.18 Å². The van der Waals surface area contributed by atoms with Crippen molar-refractivity contribution in [3.63, 3.8) is 0 Å². The number of likely N-dealkylation sites (N-methyl/N-ethyl adjacent to an activating group) is 1. The second kappa shape index (κ2) is 9.13. The molecule has 8 heteroatoms. The lowest BCUT2D eigenvalue weighted by molar-refractivity contribution is -0.137. The van der Waals surface area contributed by atoms with Crippen LogP contribution in [0, 0.1) is 0 Å². The molecule has 0 aliphatic rings. The zero-order chi connectivity index (χ0) is 21.7. The van der Waals surface area contributed by atoms with E-state index in [0.717, 1.165) is 17.7 Å². The zero-order valence-corrected chi connectivity index (χ0v) is 16.7. The van der Waals surface area contributed by atoms with Crippen LogP contribution in [-0.4, -0.2) is 48.0 Å². The number of carbonyl (C=O) groups is 1. The average molecular weight is 417 g/mol. The molecule has 0 atom stereocenters. The van der Waals surface area contributed by atoms with Gasteiger partial charge in [0.05, 0.1) is 5.56 Å². The first-order valence-corrected chi connectivity index (χ1v) is 9.36. The quantitative estimate of drug-likeness (QED) is 0.565. The number of amides is 1. The normalized spacial score (nSPS) is 11.7. The van der Waals surface area contributed by atoms with Crippen molar-refractivity contribution in [1.29, 1.82) is 0 Å². The third-order valence-electron chi connectivity index (χ3n) is 4.52. The minimum absolute atomic E-state index is 0.0258. The van der Waals surface area contributed by atoms with Gasteiger partial charge in [0, 0.05) is 31.3 Å². The fourth-order valence-electron chi connectivity index (χ4n) is 2.92. The van der Waals surface area contributed by atoms with Gasteiger partial charge in [-0.05, 0) is 31.8 Å². The molecule has 3 aromatic rings. The highest BCUT2D eigenvalue weighted by Gasteiger charge is 2.30. The maximum absolute atomic E-state index is 13.0. The van der Waals surface area contributed by atoms with Gasteiger partial charge < -0.3 is 14.3 Å². The molecule has 0 radical (unpaired) electrons. The molecule has 2 aromatic carbocycles. The molecule has 0 N–H and O–H groups in total. The maximum atomic E-state index is 13.0. The predicted octanol–water partition coefficient (Wildman–Crippen LogP) is 4.56. The third-order valence-corrected chi connectivity index (χ3v) is 4.52. The minimum atomic E-state index is -4.44. The van der Waals surface area contributed by atoms with E-state index in [-0.39, 0.29) is 12.3 Å². The third kappa shape index (κ3) is 5.48. The summed E-state index contributed by atoms with van der Waals surface area (Å²) in [4.78, 5) is 16.4. The lowest BCUT2D eigenvalue weighted by atomic mass is 10.1. The number of hydrogen-bond donors (Lipinski definition) is 0. The molecule has 158 valence electrons. The molecule has 1 aromatic heterocycles. The summed E-state index contributed by atoms with van der Waals surface area (Å²) in [6.07, 6.45) is -4.44. The van der Waals surface area contributed by atoms with Crippen LogP contribution in [0.15, 0.2) is 65.2 Å². The van der Waals surface area contributed by atoms with E-state index < -0.39 is 17.6 Å². The fourth-order valence-corrected chi connectivity index (χ4v) is 2.92.